The van der Waals surface area contributed by atoms with E-state index in [1.807, 2.05) is 0 Å². The molecule has 1 aromatic heterocycles. The van der Waals surface area contributed by atoms with Gasteiger partial charge in [0.25, 0.3) is 0 Å². The summed E-state index contributed by atoms with van der Waals surface area (Å²) in [6.07, 6.45) is 0. The van der Waals surface area contributed by atoms with Gasteiger partial charge in [0.05, 0.1) is 6.04 Å². The number of hydrogen-bond acceptors (Lipinski definition) is 3. The zero-order valence-electron chi connectivity index (χ0n) is 5.79. The van der Waals surface area contributed by atoms with Crippen LogP contribution in [0.2, 0.25) is 5.22 Å². The smallest absolute Gasteiger partial charge is 0.193 e. The second kappa shape index (κ2) is 4.62. The highest BCUT2D eigenvalue weighted by Gasteiger charge is 2.06. The summed E-state index contributed by atoms with van der Waals surface area (Å²) < 4.78 is 5.00. The second-order valence-electron chi connectivity index (χ2n) is 1.98. The predicted octanol–water partition coefficient (Wildman–Crippen LogP) is 1.31. The van der Waals surface area contributed by atoms with Gasteiger partial charge >= 0.3 is 0 Å². The lowest BCUT2D eigenvalue weighted by Crippen LogP contribution is -2.19. The number of hydrogen-bond donors (Lipinski definition) is 2. The van der Waals surface area contributed by atoms with Gasteiger partial charge < -0.3 is 15.9 Å². The molecule has 0 aromatic carbocycles. The molecule has 0 bridgehead atoms. The van der Waals surface area contributed by atoms with Crippen molar-refractivity contribution in [3.8, 4) is 0 Å². The minimum Gasteiger partial charge on any atom is -0.448 e. The van der Waals surface area contributed by atoms with Crippen LogP contribution in [0.25, 0.3) is 0 Å². The maximum Gasteiger partial charge on any atom is 0.193 e. The van der Waals surface area contributed by atoms with E-state index in [0.29, 0.717) is 17.5 Å². The molecular formula is C6H10Cl2N2O. The number of rotatable bonds is 2. The third kappa shape index (κ3) is 2.71. The fourth-order valence-electron chi connectivity index (χ4n) is 0.644. The SMILES string of the molecule is Cl.NC[C@H](N)c1ccc(Cl)o1. The van der Waals surface area contributed by atoms with E-state index in [2.05, 4.69) is 0 Å². The molecule has 3 nitrogen and oxygen atoms in total. The first-order valence-electron chi connectivity index (χ1n) is 2.95. The maximum atomic E-state index is 5.53. The van der Waals surface area contributed by atoms with E-state index in [9.17, 15) is 0 Å². The Morgan fingerprint density at radius 2 is 2.18 bits per heavy atom. The second-order valence-corrected chi connectivity index (χ2v) is 2.36. The van der Waals surface area contributed by atoms with Crippen LogP contribution >= 0.6 is 24.0 Å². The summed E-state index contributed by atoms with van der Waals surface area (Å²) in [4.78, 5) is 0. The lowest BCUT2D eigenvalue weighted by Gasteiger charge is -2.02. The summed E-state index contributed by atoms with van der Waals surface area (Å²) in [7, 11) is 0. The maximum absolute atomic E-state index is 5.53. The highest BCUT2D eigenvalue weighted by molar-refractivity contribution is 6.28. The Bertz CT molecular complexity index is 214. The standard InChI is InChI=1S/C6H9ClN2O.ClH/c7-6-2-1-5(10-6)4(9)3-8;/h1-2,4H,3,8-9H2;1H/t4-;/m0./s1. The van der Waals surface area contributed by atoms with Crippen LogP contribution in [0.5, 0.6) is 0 Å². The van der Waals surface area contributed by atoms with Gasteiger partial charge in [-0.2, -0.15) is 0 Å². The van der Waals surface area contributed by atoms with Crippen molar-refractivity contribution in [3.05, 3.63) is 23.1 Å². The highest BCUT2D eigenvalue weighted by atomic mass is 35.5. The van der Waals surface area contributed by atoms with Crippen molar-refractivity contribution in [2.24, 2.45) is 11.5 Å². The molecule has 0 fully saturated rings. The number of furan rings is 1. The molecule has 1 atom stereocenters. The van der Waals surface area contributed by atoms with Gasteiger partial charge in [0.15, 0.2) is 5.22 Å². The lowest BCUT2D eigenvalue weighted by molar-refractivity contribution is 0.471. The molecule has 0 saturated carbocycles. The van der Waals surface area contributed by atoms with Crippen LogP contribution in [0.1, 0.15) is 11.8 Å². The third-order valence-electron chi connectivity index (χ3n) is 1.21. The molecule has 0 radical (unpaired) electrons. The molecule has 1 rings (SSSR count). The average Bonchev–Trinajstić information content (AvgIpc) is 2.34. The van der Waals surface area contributed by atoms with Crippen molar-refractivity contribution in [2.75, 3.05) is 6.54 Å². The van der Waals surface area contributed by atoms with Crippen molar-refractivity contribution in [3.63, 3.8) is 0 Å². The molecule has 1 aromatic rings. The minimum absolute atomic E-state index is 0. The first-order valence-corrected chi connectivity index (χ1v) is 3.32. The van der Waals surface area contributed by atoms with Crippen molar-refractivity contribution in [1.82, 2.24) is 0 Å². The Labute approximate surface area is 76.1 Å². The Kier molecular flexibility index (Phi) is 4.52. The Hall–Kier alpha value is -0.220. The molecule has 1 heterocycles. The van der Waals surface area contributed by atoms with Crippen LogP contribution in [0.4, 0.5) is 0 Å². The first kappa shape index (κ1) is 10.8. The molecule has 11 heavy (non-hydrogen) atoms. The molecule has 5 heteroatoms. The van der Waals surface area contributed by atoms with Gasteiger partial charge in [-0.1, -0.05) is 0 Å². The van der Waals surface area contributed by atoms with E-state index in [4.69, 9.17) is 27.5 Å². The van der Waals surface area contributed by atoms with E-state index in [0.717, 1.165) is 0 Å². The van der Waals surface area contributed by atoms with Crippen LogP contribution in [-0.2, 0) is 0 Å². The summed E-state index contributed by atoms with van der Waals surface area (Å²) in [6.45, 7) is 0.365. The van der Waals surface area contributed by atoms with Crippen LogP contribution < -0.4 is 11.5 Å². The zero-order chi connectivity index (χ0) is 7.56. The summed E-state index contributed by atoms with van der Waals surface area (Å²) in [5.41, 5.74) is 10.8. The van der Waals surface area contributed by atoms with Crippen molar-refractivity contribution >= 4 is 24.0 Å². The normalized spacial score (nSPS) is 12.3. The summed E-state index contributed by atoms with van der Waals surface area (Å²) in [5, 5.41) is 0.346. The highest BCUT2D eigenvalue weighted by Crippen LogP contribution is 2.17. The molecule has 0 aliphatic carbocycles. The van der Waals surface area contributed by atoms with Crippen molar-refractivity contribution < 1.29 is 4.42 Å². The first-order chi connectivity index (χ1) is 4.74. The van der Waals surface area contributed by atoms with E-state index >= 15 is 0 Å². The molecule has 0 unspecified atom stereocenters. The van der Waals surface area contributed by atoms with Gasteiger partial charge in [0.2, 0.25) is 0 Å². The van der Waals surface area contributed by atoms with Crippen LogP contribution in [0, 0.1) is 0 Å². The van der Waals surface area contributed by atoms with Crippen molar-refractivity contribution in [1.29, 1.82) is 0 Å². The molecule has 64 valence electrons. The molecule has 4 N–H and O–H groups in total. The van der Waals surface area contributed by atoms with Crippen LogP contribution in [0.15, 0.2) is 16.5 Å². The Morgan fingerprint density at radius 3 is 2.55 bits per heavy atom. The van der Waals surface area contributed by atoms with Crippen molar-refractivity contribution in [2.45, 2.75) is 6.04 Å². The molecule has 0 aliphatic rings. The van der Waals surface area contributed by atoms with Gasteiger partial charge in [-0.3, -0.25) is 0 Å². The van der Waals surface area contributed by atoms with E-state index in [1.54, 1.807) is 12.1 Å². The van der Waals surface area contributed by atoms with Crippen LogP contribution in [-0.4, -0.2) is 6.54 Å². The van der Waals surface area contributed by atoms with Gasteiger partial charge in [-0.05, 0) is 23.7 Å². The summed E-state index contributed by atoms with van der Waals surface area (Å²) >= 11 is 5.50. The summed E-state index contributed by atoms with van der Waals surface area (Å²) in [6, 6.07) is 3.12. The molecule has 0 aliphatic heterocycles. The van der Waals surface area contributed by atoms with Crippen LogP contribution in [0.3, 0.4) is 0 Å². The largest absolute Gasteiger partial charge is 0.448 e. The molecular weight excluding hydrogens is 187 g/mol. The number of nitrogens with two attached hydrogens (primary N) is 2. The van der Waals surface area contributed by atoms with Gasteiger partial charge in [0, 0.05) is 6.54 Å². The Balaban J connectivity index is 0.000001000. The monoisotopic (exact) mass is 196 g/mol. The van der Waals surface area contributed by atoms with Gasteiger partial charge in [-0.25, -0.2) is 0 Å². The third-order valence-corrected chi connectivity index (χ3v) is 1.42. The zero-order valence-corrected chi connectivity index (χ0v) is 7.36. The van der Waals surface area contributed by atoms with Gasteiger partial charge in [-0.15, -0.1) is 12.4 Å². The molecule has 0 saturated heterocycles. The number of halogens is 2. The van der Waals surface area contributed by atoms with Gasteiger partial charge in [0.1, 0.15) is 5.76 Å². The Morgan fingerprint density at radius 1 is 1.55 bits per heavy atom. The topological polar surface area (TPSA) is 65.2 Å². The quantitative estimate of drug-likeness (QED) is 0.751. The molecule has 0 spiro atoms. The van der Waals surface area contributed by atoms with E-state index in [-0.39, 0.29) is 18.4 Å². The summed E-state index contributed by atoms with van der Waals surface area (Å²) in [5.74, 6) is 0.632. The minimum atomic E-state index is -0.243. The lowest BCUT2D eigenvalue weighted by atomic mass is 10.2. The predicted molar refractivity (Wildman–Crippen MR) is 46.9 cm³/mol. The fourth-order valence-corrected chi connectivity index (χ4v) is 0.796. The fraction of sp³-hybridized carbons (Fsp3) is 0.333. The van der Waals surface area contributed by atoms with E-state index in [1.165, 1.54) is 0 Å². The average molecular weight is 197 g/mol. The van der Waals surface area contributed by atoms with E-state index < -0.39 is 0 Å². The molecule has 0 amide bonds.